The fourth-order valence-electron chi connectivity index (χ4n) is 2.22. The molecule has 0 aliphatic heterocycles. The molecule has 0 atom stereocenters. The van der Waals surface area contributed by atoms with Crippen LogP contribution in [0, 0.1) is 5.82 Å². The molecule has 0 saturated heterocycles. The summed E-state index contributed by atoms with van der Waals surface area (Å²) in [5, 5.41) is 14.5. The molecule has 26 heavy (non-hydrogen) atoms. The molecular weight excluding hydrogens is 379 g/mol. The number of carboxylic acid groups (broad SMARTS) is 1. The highest BCUT2D eigenvalue weighted by molar-refractivity contribution is 7.99. The Balaban J connectivity index is 2.03. The first-order valence-corrected chi connectivity index (χ1v) is 8.70. The van der Waals surface area contributed by atoms with Crippen LogP contribution < -0.4 is 0 Å². The number of hydrogen-bond acceptors (Lipinski definition) is 4. The van der Waals surface area contributed by atoms with Crippen LogP contribution in [0.3, 0.4) is 0 Å². The minimum absolute atomic E-state index is 0.0931. The molecule has 134 valence electrons. The highest BCUT2D eigenvalue weighted by Gasteiger charge is 2.17. The third-order valence-corrected chi connectivity index (χ3v) is 4.74. The number of amides is 1. The maximum absolute atomic E-state index is 13.7. The lowest BCUT2D eigenvalue weighted by atomic mass is 10.3. The summed E-state index contributed by atoms with van der Waals surface area (Å²) in [4.78, 5) is 17.1. The van der Waals surface area contributed by atoms with Crippen molar-refractivity contribution in [3.8, 4) is 5.69 Å². The maximum Gasteiger partial charge on any atom is 0.407 e. The summed E-state index contributed by atoms with van der Waals surface area (Å²) in [5.74, 6) is -0.443. The Morgan fingerprint density at radius 2 is 2.19 bits per heavy atom. The van der Waals surface area contributed by atoms with E-state index in [9.17, 15) is 9.18 Å². The van der Waals surface area contributed by atoms with Gasteiger partial charge >= 0.3 is 6.09 Å². The number of carbonyl (C=O) groups is 1. The Hall–Kier alpha value is -2.58. The molecule has 0 saturated carbocycles. The Kier molecular flexibility index (Phi) is 5.43. The Labute approximate surface area is 158 Å². The standard InChI is InChI=1S/C17H14ClFN4O2S/c1-22(17(24)25)10-12-8-16(26-13-3-2-6-20-9-13)23(21-12)15-7-11(19)4-5-14(15)18/h2-9H,10H2,1H3,(H,24,25). The van der Waals surface area contributed by atoms with Crippen molar-refractivity contribution < 1.29 is 14.3 Å². The van der Waals surface area contributed by atoms with E-state index in [1.165, 1.54) is 41.7 Å². The zero-order valence-electron chi connectivity index (χ0n) is 13.6. The number of pyridine rings is 1. The van der Waals surface area contributed by atoms with Gasteiger partial charge in [-0.1, -0.05) is 23.4 Å². The van der Waals surface area contributed by atoms with Crippen molar-refractivity contribution in [1.82, 2.24) is 19.7 Å². The van der Waals surface area contributed by atoms with Gasteiger partial charge in [0.05, 0.1) is 22.9 Å². The second kappa shape index (κ2) is 7.76. The van der Waals surface area contributed by atoms with Crippen LogP contribution in [-0.4, -0.2) is 37.9 Å². The molecule has 1 amide bonds. The lowest BCUT2D eigenvalue weighted by Crippen LogP contribution is -2.24. The molecule has 0 spiro atoms. The van der Waals surface area contributed by atoms with Gasteiger partial charge in [-0.3, -0.25) is 4.98 Å². The molecule has 6 nitrogen and oxygen atoms in total. The molecular formula is C17H14ClFN4O2S. The molecule has 3 rings (SSSR count). The van der Waals surface area contributed by atoms with Crippen LogP contribution in [-0.2, 0) is 6.54 Å². The summed E-state index contributed by atoms with van der Waals surface area (Å²) in [5.41, 5.74) is 0.893. The van der Waals surface area contributed by atoms with Gasteiger partial charge in [0.25, 0.3) is 0 Å². The summed E-state index contributed by atoms with van der Waals surface area (Å²) in [6.45, 7) is 0.0931. The van der Waals surface area contributed by atoms with E-state index < -0.39 is 11.9 Å². The molecule has 1 N–H and O–H groups in total. The van der Waals surface area contributed by atoms with Crippen molar-refractivity contribution in [2.24, 2.45) is 0 Å². The molecule has 3 aromatic rings. The molecule has 0 radical (unpaired) electrons. The number of nitrogens with zero attached hydrogens (tertiary/aromatic N) is 4. The van der Waals surface area contributed by atoms with E-state index in [4.69, 9.17) is 16.7 Å². The van der Waals surface area contributed by atoms with Gasteiger partial charge in [-0.05, 0) is 30.3 Å². The highest BCUT2D eigenvalue weighted by Crippen LogP contribution is 2.32. The average molecular weight is 393 g/mol. The monoisotopic (exact) mass is 392 g/mol. The van der Waals surface area contributed by atoms with Gasteiger partial charge in [0.1, 0.15) is 10.8 Å². The van der Waals surface area contributed by atoms with E-state index in [0.29, 0.717) is 21.4 Å². The third-order valence-electron chi connectivity index (χ3n) is 3.45. The Bertz CT molecular complexity index is 936. The molecule has 0 aliphatic carbocycles. The van der Waals surface area contributed by atoms with Crippen LogP contribution in [0.4, 0.5) is 9.18 Å². The lowest BCUT2D eigenvalue weighted by molar-refractivity contribution is 0.153. The first-order valence-electron chi connectivity index (χ1n) is 7.50. The van der Waals surface area contributed by atoms with Crippen LogP contribution in [0.5, 0.6) is 0 Å². The zero-order chi connectivity index (χ0) is 18.7. The minimum atomic E-state index is -1.06. The van der Waals surface area contributed by atoms with E-state index in [0.717, 1.165) is 9.80 Å². The summed E-state index contributed by atoms with van der Waals surface area (Å²) < 4.78 is 15.2. The molecule has 0 unspecified atom stereocenters. The fraction of sp³-hybridized carbons (Fsp3) is 0.118. The van der Waals surface area contributed by atoms with Gasteiger partial charge in [-0.2, -0.15) is 5.10 Å². The van der Waals surface area contributed by atoms with E-state index >= 15 is 0 Å². The predicted octanol–water partition coefficient (Wildman–Crippen LogP) is 4.32. The van der Waals surface area contributed by atoms with Crippen molar-refractivity contribution in [3.63, 3.8) is 0 Å². The summed E-state index contributed by atoms with van der Waals surface area (Å²) >= 11 is 7.59. The fourth-order valence-corrected chi connectivity index (χ4v) is 3.34. The maximum atomic E-state index is 13.7. The Morgan fingerprint density at radius 1 is 1.38 bits per heavy atom. The summed E-state index contributed by atoms with van der Waals surface area (Å²) in [7, 11) is 1.45. The largest absolute Gasteiger partial charge is 0.465 e. The lowest BCUT2D eigenvalue weighted by Gasteiger charge is -2.10. The van der Waals surface area contributed by atoms with Crippen molar-refractivity contribution in [2.45, 2.75) is 16.5 Å². The molecule has 0 fully saturated rings. The van der Waals surface area contributed by atoms with Gasteiger partial charge < -0.3 is 10.0 Å². The number of benzene rings is 1. The highest BCUT2D eigenvalue weighted by atomic mass is 35.5. The van der Waals surface area contributed by atoms with Gasteiger partial charge in [-0.15, -0.1) is 0 Å². The number of aromatic nitrogens is 3. The average Bonchev–Trinajstić information content (AvgIpc) is 3.00. The third kappa shape index (κ3) is 4.14. The molecule has 1 aromatic carbocycles. The van der Waals surface area contributed by atoms with Gasteiger partial charge in [-0.25, -0.2) is 13.9 Å². The molecule has 9 heteroatoms. The van der Waals surface area contributed by atoms with Gasteiger partial charge in [0.2, 0.25) is 0 Å². The molecule has 0 bridgehead atoms. The quantitative estimate of drug-likeness (QED) is 0.700. The molecule has 2 aromatic heterocycles. The first-order chi connectivity index (χ1) is 12.4. The second-order valence-electron chi connectivity index (χ2n) is 5.41. The first kappa shape index (κ1) is 18.2. The normalized spacial score (nSPS) is 10.7. The minimum Gasteiger partial charge on any atom is -0.465 e. The summed E-state index contributed by atoms with van der Waals surface area (Å²) in [6.07, 6.45) is 2.29. The van der Waals surface area contributed by atoms with E-state index in [1.807, 2.05) is 6.07 Å². The number of halogens is 2. The van der Waals surface area contributed by atoms with Crippen molar-refractivity contribution in [2.75, 3.05) is 7.05 Å². The van der Waals surface area contributed by atoms with Crippen LogP contribution in [0.15, 0.2) is 58.7 Å². The van der Waals surface area contributed by atoms with Crippen molar-refractivity contribution in [1.29, 1.82) is 0 Å². The SMILES string of the molecule is CN(Cc1cc(Sc2cccnc2)n(-c2cc(F)ccc2Cl)n1)C(=O)O. The number of rotatable bonds is 5. The van der Waals surface area contributed by atoms with Crippen LogP contribution >= 0.6 is 23.4 Å². The van der Waals surface area contributed by atoms with Crippen LogP contribution in [0.1, 0.15) is 5.69 Å². The van der Waals surface area contributed by atoms with E-state index in [1.54, 1.807) is 24.5 Å². The van der Waals surface area contributed by atoms with Crippen molar-refractivity contribution in [3.05, 3.63) is 65.3 Å². The number of hydrogen-bond donors (Lipinski definition) is 1. The smallest absolute Gasteiger partial charge is 0.407 e. The Morgan fingerprint density at radius 3 is 2.88 bits per heavy atom. The van der Waals surface area contributed by atoms with Gasteiger partial charge in [0.15, 0.2) is 0 Å². The topological polar surface area (TPSA) is 71.2 Å². The van der Waals surface area contributed by atoms with E-state index in [-0.39, 0.29) is 6.54 Å². The van der Waals surface area contributed by atoms with Crippen LogP contribution in [0.25, 0.3) is 5.69 Å². The van der Waals surface area contributed by atoms with Crippen LogP contribution in [0.2, 0.25) is 5.02 Å². The van der Waals surface area contributed by atoms with Crippen molar-refractivity contribution >= 4 is 29.5 Å². The summed E-state index contributed by atoms with van der Waals surface area (Å²) in [6, 6.07) is 9.44. The van der Waals surface area contributed by atoms with Gasteiger partial charge in [0, 0.05) is 30.4 Å². The molecule has 2 heterocycles. The predicted molar refractivity (Wildman–Crippen MR) is 96.4 cm³/mol. The second-order valence-corrected chi connectivity index (χ2v) is 6.91. The zero-order valence-corrected chi connectivity index (χ0v) is 15.2. The van der Waals surface area contributed by atoms with E-state index in [2.05, 4.69) is 10.1 Å². The molecule has 0 aliphatic rings.